The molecule has 0 atom stereocenters. The smallest absolute Gasteiger partial charge is 0.169 e. The molecule has 190 valence electrons. The second kappa shape index (κ2) is 10.4. The van der Waals surface area contributed by atoms with Gasteiger partial charge in [0.1, 0.15) is 5.82 Å². The van der Waals surface area contributed by atoms with E-state index in [-0.39, 0.29) is 12.2 Å². The Balaban J connectivity index is 1.23. The van der Waals surface area contributed by atoms with Gasteiger partial charge in [-0.2, -0.15) is 5.10 Å². The van der Waals surface area contributed by atoms with Crippen LogP contribution < -0.4 is 4.90 Å². The van der Waals surface area contributed by atoms with Crippen molar-refractivity contribution in [2.45, 2.75) is 25.8 Å². The molecule has 5 heterocycles. The van der Waals surface area contributed by atoms with E-state index in [1.165, 1.54) is 18.5 Å². The van der Waals surface area contributed by atoms with Gasteiger partial charge in [-0.1, -0.05) is 12.1 Å². The first-order chi connectivity index (χ1) is 18.1. The number of aromatic nitrogens is 4. The van der Waals surface area contributed by atoms with Gasteiger partial charge in [-0.25, -0.2) is 4.98 Å². The molecule has 1 aromatic carbocycles. The first-order valence-electron chi connectivity index (χ1n) is 13.1. The van der Waals surface area contributed by atoms with Crippen molar-refractivity contribution in [1.29, 1.82) is 0 Å². The predicted molar refractivity (Wildman–Crippen MR) is 144 cm³/mol. The Labute approximate surface area is 216 Å². The lowest BCUT2D eigenvalue weighted by molar-refractivity contribution is 0.0332. The van der Waals surface area contributed by atoms with Crippen LogP contribution in [-0.4, -0.2) is 69.8 Å². The van der Waals surface area contributed by atoms with Crippen LogP contribution in [0.3, 0.4) is 0 Å². The van der Waals surface area contributed by atoms with Gasteiger partial charge in [0.05, 0.1) is 31.5 Å². The molecular weight excluding hydrogens is 464 g/mol. The van der Waals surface area contributed by atoms with E-state index in [0.717, 1.165) is 79.3 Å². The fraction of sp³-hybridized carbons (Fsp3) is 0.379. The van der Waals surface area contributed by atoms with Crippen LogP contribution in [0.25, 0.3) is 21.9 Å². The zero-order valence-electron chi connectivity index (χ0n) is 21.3. The second-order valence-electron chi connectivity index (χ2n) is 9.95. The third-order valence-electron chi connectivity index (χ3n) is 7.47. The zero-order valence-corrected chi connectivity index (χ0v) is 21.3. The number of hydrogen-bond donors (Lipinski definition) is 0. The average Bonchev–Trinajstić information content (AvgIpc) is 3.60. The van der Waals surface area contributed by atoms with E-state index in [0.29, 0.717) is 5.56 Å². The van der Waals surface area contributed by atoms with E-state index in [1.807, 2.05) is 36.3 Å². The zero-order chi connectivity index (χ0) is 25.2. The molecule has 37 heavy (non-hydrogen) atoms. The van der Waals surface area contributed by atoms with Gasteiger partial charge >= 0.3 is 0 Å². The Bertz CT molecular complexity index is 1420. The number of pyridine rings is 2. The third-order valence-corrected chi connectivity index (χ3v) is 7.47. The van der Waals surface area contributed by atoms with Gasteiger partial charge in [0, 0.05) is 74.4 Å². The van der Waals surface area contributed by atoms with Crippen molar-refractivity contribution in [3.05, 3.63) is 71.9 Å². The van der Waals surface area contributed by atoms with Crippen LogP contribution in [0.2, 0.25) is 0 Å². The van der Waals surface area contributed by atoms with Gasteiger partial charge in [0.15, 0.2) is 5.78 Å². The summed E-state index contributed by atoms with van der Waals surface area (Å²) in [4.78, 5) is 26.9. The molecule has 4 aromatic rings. The summed E-state index contributed by atoms with van der Waals surface area (Å²) in [6, 6.07) is 12.2. The molecular formula is C29H32N6O2. The van der Waals surface area contributed by atoms with Crippen molar-refractivity contribution >= 4 is 22.4 Å². The molecule has 2 fully saturated rings. The van der Waals surface area contributed by atoms with Crippen LogP contribution in [0, 0.1) is 0 Å². The van der Waals surface area contributed by atoms with E-state index >= 15 is 0 Å². The summed E-state index contributed by atoms with van der Waals surface area (Å²) >= 11 is 0. The van der Waals surface area contributed by atoms with Crippen LogP contribution in [0.1, 0.15) is 34.6 Å². The number of morpholine rings is 1. The second-order valence-corrected chi connectivity index (χ2v) is 9.95. The van der Waals surface area contributed by atoms with Crippen molar-refractivity contribution in [2.24, 2.45) is 7.05 Å². The lowest BCUT2D eigenvalue weighted by Gasteiger charge is -2.27. The molecule has 0 aliphatic carbocycles. The number of ketones is 1. The Morgan fingerprint density at radius 3 is 2.62 bits per heavy atom. The Hall–Kier alpha value is -3.62. The monoisotopic (exact) mass is 496 g/mol. The van der Waals surface area contributed by atoms with E-state index in [4.69, 9.17) is 4.74 Å². The number of Topliss-reactive ketones (excluding diaryl/α,β-unsaturated/α-hetero) is 1. The summed E-state index contributed by atoms with van der Waals surface area (Å²) < 4.78 is 7.48. The number of nitrogens with zero attached hydrogens (tertiary/aromatic N) is 6. The molecule has 0 N–H and O–H groups in total. The highest BCUT2D eigenvalue weighted by Gasteiger charge is 2.18. The normalized spacial score (nSPS) is 16.5. The molecule has 0 saturated carbocycles. The summed E-state index contributed by atoms with van der Waals surface area (Å²) in [5.41, 5.74) is 4.91. The van der Waals surface area contributed by atoms with E-state index < -0.39 is 0 Å². The lowest BCUT2D eigenvalue weighted by atomic mass is 10.0. The predicted octanol–water partition coefficient (Wildman–Crippen LogP) is 3.89. The Morgan fingerprint density at radius 1 is 0.946 bits per heavy atom. The molecule has 0 spiro atoms. The van der Waals surface area contributed by atoms with Gasteiger partial charge in [0.2, 0.25) is 0 Å². The SMILES string of the molecule is Cn1ncc(-c2ccc3cnc(CC(=O)c4ccnc(N5CCCC5)c4)cc3c2)c1CN1CCOCC1. The van der Waals surface area contributed by atoms with E-state index in [9.17, 15) is 4.79 Å². The number of hydrogen-bond acceptors (Lipinski definition) is 7. The van der Waals surface area contributed by atoms with Crippen LogP contribution >= 0.6 is 0 Å². The molecule has 2 aliphatic rings. The van der Waals surface area contributed by atoms with Crippen LogP contribution in [0.15, 0.2) is 55.0 Å². The lowest BCUT2D eigenvalue weighted by Crippen LogP contribution is -2.36. The minimum absolute atomic E-state index is 0.0610. The molecule has 3 aromatic heterocycles. The average molecular weight is 497 g/mol. The standard InChI is InChI=1S/C29H32N6O2/c1-33-27(20-34-10-12-37-13-11-34)26(19-32-33)21-4-5-23-18-31-25(15-24(23)14-21)17-28(36)22-6-7-30-29(16-22)35-8-2-3-9-35/h4-7,14-16,18-19H,2-3,8-13,17,20H2,1H3. The molecule has 0 unspecified atom stereocenters. The summed E-state index contributed by atoms with van der Waals surface area (Å²) in [5.74, 6) is 0.953. The fourth-order valence-corrected chi connectivity index (χ4v) is 5.29. The highest BCUT2D eigenvalue weighted by atomic mass is 16.5. The summed E-state index contributed by atoms with van der Waals surface area (Å²) in [6.45, 7) is 6.27. The minimum atomic E-state index is 0.0610. The van der Waals surface area contributed by atoms with Crippen LogP contribution in [0.4, 0.5) is 5.82 Å². The van der Waals surface area contributed by atoms with E-state index in [1.54, 1.807) is 12.3 Å². The summed E-state index contributed by atoms with van der Waals surface area (Å²) in [6.07, 6.45) is 8.17. The first-order valence-corrected chi connectivity index (χ1v) is 13.1. The van der Waals surface area contributed by atoms with Gasteiger partial charge in [-0.05, 0) is 48.1 Å². The maximum atomic E-state index is 13.1. The van der Waals surface area contributed by atoms with Crippen molar-refractivity contribution in [3.63, 3.8) is 0 Å². The van der Waals surface area contributed by atoms with Crippen LogP contribution in [0.5, 0.6) is 0 Å². The molecule has 6 rings (SSSR count). The van der Waals surface area contributed by atoms with Crippen molar-refractivity contribution in [1.82, 2.24) is 24.6 Å². The van der Waals surface area contributed by atoms with Gasteiger partial charge in [-0.15, -0.1) is 0 Å². The van der Waals surface area contributed by atoms with Gasteiger partial charge < -0.3 is 9.64 Å². The van der Waals surface area contributed by atoms with Crippen molar-refractivity contribution in [2.75, 3.05) is 44.3 Å². The molecule has 2 saturated heterocycles. The number of rotatable bonds is 7. The van der Waals surface area contributed by atoms with Crippen molar-refractivity contribution < 1.29 is 9.53 Å². The topological polar surface area (TPSA) is 76.4 Å². The maximum absolute atomic E-state index is 13.1. The largest absolute Gasteiger partial charge is 0.379 e. The minimum Gasteiger partial charge on any atom is -0.379 e. The van der Waals surface area contributed by atoms with Crippen molar-refractivity contribution in [3.8, 4) is 11.1 Å². The number of aryl methyl sites for hydroxylation is 1. The third kappa shape index (κ3) is 5.12. The molecule has 2 aliphatic heterocycles. The number of ether oxygens (including phenoxy) is 1. The first kappa shape index (κ1) is 23.8. The fourth-order valence-electron chi connectivity index (χ4n) is 5.29. The summed E-state index contributed by atoms with van der Waals surface area (Å²) in [5, 5.41) is 6.69. The Morgan fingerprint density at radius 2 is 1.78 bits per heavy atom. The molecule has 0 radical (unpaired) electrons. The highest BCUT2D eigenvalue weighted by Crippen LogP contribution is 2.28. The van der Waals surface area contributed by atoms with Gasteiger partial charge in [-0.3, -0.25) is 19.4 Å². The Kier molecular flexibility index (Phi) is 6.68. The van der Waals surface area contributed by atoms with Crippen LogP contribution in [-0.2, 0) is 24.8 Å². The summed E-state index contributed by atoms with van der Waals surface area (Å²) in [7, 11) is 2.00. The number of carbonyl (C=O) groups excluding carboxylic acids is 1. The highest BCUT2D eigenvalue weighted by molar-refractivity contribution is 5.98. The molecule has 0 amide bonds. The quantitative estimate of drug-likeness (QED) is 0.359. The number of anilines is 1. The number of benzene rings is 1. The number of carbonyl (C=O) groups is 1. The molecule has 8 nitrogen and oxygen atoms in total. The molecule has 0 bridgehead atoms. The van der Waals surface area contributed by atoms with E-state index in [2.05, 4.69) is 43.1 Å². The van der Waals surface area contributed by atoms with Gasteiger partial charge in [0.25, 0.3) is 0 Å². The number of fused-ring (bicyclic) bond motifs is 1. The maximum Gasteiger partial charge on any atom is 0.169 e. The molecule has 8 heteroatoms.